The fourth-order valence-electron chi connectivity index (χ4n) is 3.31. The van der Waals surface area contributed by atoms with Crippen molar-refractivity contribution in [1.29, 1.82) is 0 Å². The molecule has 25 heavy (non-hydrogen) atoms. The highest BCUT2D eigenvalue weighted by Gasteiger charge is 2.39. The van der Waals surface area contributed by atoms with Gasteiger partial charge in [0.05, 0.1) is 21.9 Å². The minimum Gasteiger partial charge on any atom is -0.346 e. The number of carbonyl (C=O) groups is 1. The molecule has 1 atom stereocenters. The van der Waals surface area contributed by atoms with Crippen LogP contribution in [0.3, 0.4) is 0 Å². The van der Waals surface area contributed by atoms with Gasteiger partial charge in [0.15, 0.2) is 9.84 Å². The number of sulfone groups is 1. The number of benzene rings is 1. The van der Waals surface area contributed by atoms with E-state index in [-0.39, 0.29) is 16.4 Å². The van der Waals surface area contributed by atoms with Crippen LogP contribution in [0.4, 0.5) is 0 Å². The molecule has 2 heterocycles. The van der Waals surface area contributed by atoms with Crippen molar-refractivity contribution in [3.8, 4) is 0 Å². The maximum atomic E-state index is 12.5. The molecule has 1 aromatic carbocycles. The zero-order valence-corrected chi connectivity index (χ0v) is 15.7. The van der Waals surface area contributed by atoms with Gasteiger partial charge in [0.1, 0.15) is 0 Å². The lowest BCUT2D eigenvalue weighted by atomic mass is 10.0. The highest BCUT2D eigenvalue weighted by Crippen LogP contribution is 2.24. The van der Waals surface area contributed by atoms with Crippen molar-refractivity contribution in [3.63, 3.8) is 0 Å². The fourth-order valence-corrected chi connectivity index (χ4v) is 6.92. The van der Waals surface area contributed by atoms with Gasteiger partial charge in [0.25, 0.3) is 5.91 Å². The van der Waals surface area contributed by atoms with Crippen molar-refractivity contribution in [2.24, 2.45) is 0 Å². The molecule has 2 aliphatic heterocycles. The van der Waals surface area contributed by atoms with Gasteiger partial charge in [-0.2, -0.15) is 4.31 Å². The molecular formula is C16H22N2O5S2. The maximum Gasteiger partial charge on any atom is 0.251 e. The molecule has 0 spiro atoms. The molecule has 2 fully saturated rings. The number of nitrogens with one attached hydrogen (secondary N) is 1. The van der Waals surface area contributed by atoms with Crippen molar-refractivity contribution in [3.05, 3.63) is 29.8 Å². The lowest BCUT2D eigenvalue weighted by molar-refractivity contribution is 0.0915. The predicted molar refractivity (Wildman–Crippen MR) is 93.6 cm³/mol. The van der Waals surface area contributed by atoms with E-state index in [0.717, 1.165) is 12.8 Å². The molecule has 1 N–H and O–H groups in total. The molecular weight excluding hydrogens is 364 g/mol. The number of rotatable bonds is 4. The van der Waals surface area contributed by atoms with Crippen LogP contribution in [0.5, 0.6) is 0 Å². The van der Waals surface area contributed by atoms with Gasteiger partial charge in [0.2, 0.25) is 10.0 Å². The van der Waals surface area contributed by atoms with E-state index in [2.05, 4.69) is 5.32 Å². The second-order valence-electron chi connectivity index (χ2n) is 6.99. The van der Waals surface area contributed by atoms with Crippen LogP contribution >= 0.6 is 0 Å². The molecule has 3 rings (SSSR count). The summed E-state index contributed by atoms with van der Waals surface area (Å²) in [6.07, 6.45) is 2.10. The van der Waals surface area contributed by atoms with Crippen LogP contribution in [0.2, 0.25) is 0 Å². The maximum absolute atomic E-state index is 12.5. The first-order chi connectivity index (χ1) is 11.6. The molecule has 7 nitrogen and oxygen atoms in total. The van der Waals surface area contributed by atoms with Gasteiger partial charge in [0, 0.05) is 18.7 Å². The van der Waals surface area contributed by atoms with E-state index in [1.807, 2.05) is 0 Å². The summed E-state index contributed by atoms with van der Waals surface area (Å²) in [4.78, 5) is 12.5. The Kier molecular flexibility index (Phi) is 4.67. The first kappa shape index (κ1) is 18.3. The molecule has 1 aromatic rings. The Balaban J connectivity index is 1.73. The van der Waals surface area contributed by atoms with Gasteiger partial charge >= 0.3 is 0 Å². The first-order valence-corrected chi connectivity index (χ1v) is 11.5. The summed E-state index contributed by atoms with van der Waals surface area (Å²) >= 11 is 0. The van der Waals surface area contributed by atoms with Crippen LogP contribution in [-0.4, -0.2) is 57.2 Å². The molecule has 9 heteroatoms. The predicted octanol–water partition coefficient (Wildman–Crippen LogP) is 0.778. The number of carbonyl (C=O) groups excluding carboxylic acids is 1. The minimum absolute atomic E-state index is 0.0663. The number of sulfonamides is 1. The molecule has 0 saturated carbocycles. The molecule has 0 radical (unpaired) electrons. The molecule has 0 unspecified atom stereocenters. The van der Waals surface area contributed by atoms with Gasteiger partial charge in [-0.1, -0.05) is 0 Å². The number of amides is 1. The van der Waals surface area contributed by atoms with E-state index in [9.17, 15) is 21.6 Å². The van der Waals surface area contributed by atoms with Crippen molar-refractivity contribution >= 4 is 25.8 Å². The van der Waals surface area contributed by atoms with Crippen molar-refractivity contribution in [2.75, 3.05) is 24.6 Å². The van der Waals surface area contributed by atoms with Crippen molar-refractivity contribution < 1.29 is 21.6 Å². The van der Waals surface area contributed by atoms with E-state index in [4.69, 9.17) is 0 Å². The monoisotopic (exact) mass is 386 g/mol. The van der Waals surface area contributed by atoms with Crippen molar-refractivity contribution in [1.82, 2.24) is 9.62 Å². The number of nitrogens with zero attached hydrogens (tertiary/aromatic N) is 1. The second-order valence-corrected chi connectivity index (χ2v) is 11.1. The average molecular weight is 386 g/mol. The molecule has 0 bridgehead atoms. The minimum atomic E-state index is -3.51. The lowest BCUT2D eigenvalue weighted by Gasteiger charge is -2.24. The van der Waals surface area contributed by atoms with Crippen LogP contribution in [0.25, 0.3) is 0 Å². The average Bonchev–Trinajstić information content (AvgIpc) is 3.16. The molecule has 2 saturated heterocycles. The summed E-state index contributed by atoms with van der Waals surface area (Å²) in [5.41, 5.74) is -0.471. The van der Waals surface area contributed by atoms with Gasteiger partial charge < -0.3 is 5.32 Å². The highest BCUT2D eigenvalue weighted by molar-refractivity contribution is 7.91. The first-order valence-electron chi connectivity index (χ1n) is 8.25. The summed E-state index contributed by atoms with van der Waals surface area (Å²) in [5.74, 6) is -0.408. The Bertz CT molecular complexity index is 872. The third-order valence-corrected chi connectivity index (χ3v) is 8.55. The summed E-state index contributed by atoms with van der Waals surface area (Å²) in [7, 11) is -6.63. The van der Waals surface area contributed by atoms with E-state index in [1.54, 1.807) is 6.92 Å². The summed E-state index contributed by atoms with van der Waals surface area (Å²) < 4.78 is 49.6. The highest BCUT2D eigenvalue weighted by atomic mass is 32.2. The zero-order valence-electron chi connectivity index (χ0n) is 14.1. The van der Waals surface area contributed by atoms with Crippen LogP contribution in [0.1, 0.15) is 36.5 Å². The van der Waals surface area contributed by atoms with Gasteiger partial charge in [-0.3, -0.25) is 4.79 Å². The Morgan fingerprint density at radius 1 is 1.16 bits per heavy atom. The van der Waals surface area contributed by atoms with Gasteiger partial charge in [-0.25, -0.2) is 16.8 Å². The number of hydrogen-bond donors (Lipinski definition) is 1. The third kappa shape index (κ3) is 3.88. The second kappa shape index (κ2) is 6.37. The van der Waals surface area contributed by atoms with Gasteiger partial charge in [-0.05, 0) is 50.5 Å². The molecule has 1 amide bonds. The third-order valence-electron chi connectivity index (χ3n) is 4.74. The van der Waals surface area contributed by atoms with Gasteiger partial charge in [-0.15, -0.1) is 0 Å². The van der Waals surface area contributed by atoms with Crippen LogP contribution < -0.4 is 5.32 Å². The Morgan fingerprint density at radius 2 is 1.76 bits per heavy atom. The van der Waals surface area contributed by atoms with Crippen LogP contribution in [-0.2, 0) is 19.9 Å². The largest absolute Gasteiger partial charge is 0.346 e. The Hall–Kier alpha value is -1.45. The quantitative estimate of drug-likeness (QED) is 0.824. The summed E-state index contributed by atoms with van der Waals surface area (Å²) in [5, 5.41) is 2.76. The normalized spacial score (nSPS) is 26.6. The summed E-state index contributed by atoms with van der Waals surface area (Å²) in [6, 6.07) is 5.78. The Labute approximate surface area is 148 Å². The Morgan fingerprint density at radius 3 is 2.28 bits per heavy atom. The van der Waals surface area contributed by atoms with E-state index in [0.29, 0.717) is 25.1 Å². The van der Waals surface area contributed by atoms with Crippen LogP contribution in [0, 0.1) is 0 Å². The van der Waals surface area contributed by atoms with E-state index in [1.165, 1.54) is 28.6 Å². The molecule has 0 aromatic heterocycles. The molecule has 0 aliphatic carbocycles. The zero-order chi connectivity index (χ0) is 18.3. The SMILES string of the molecule is C[C@@]1(NC(=O)c2ccc(S(=O)(=O)N3CCCC3)cc2)CCS(=O)(=O)C1. The number of hydrogen-bond acceptors (Lipinski definition) is 5. The van der Waals surface area contributed by atoms with E-state index < -0.39 is 31.3 Å². The fraction of sp³-hybridized carbons (Fsp3) is 0.562. The molecule has 2 aliphatic rings. The van der Waals surface area contributed by atoms with Crippen molar-refractivity contribution in [2.45, 2.75) is 36.6 Å². The van der Waals surface area contributed by atoms with E-state index >= 15 is 0 Å². The topological polar surface area (TPSA) is 101 Å². The lowest BCUT2D eigenvalue weighted by Crippen LogP contribution is -2.46. The van der Waals surface area contributed by atoms with Crippen LogP contribution in [0.15, 0.2) is 29.2 Å². The summed E-state index contributed by atoms with van der Waals surface area (Å²) in [6.45, 7) is 2.76. The molecule has 138 valence electrons. The standard InChI is InChI=1S/C16H22N2O5S2/c1-16(8-11-24(20,21)12-16)17-15(19)13-4-6-14(7-5-13)25(22,23)18-9-2-3-10-18/h4-7H,2-3,8-12H2,1H3,(H,17,19)/t16-/m1/s1. The smallest absolute Gasteiger partial charge is 0.251 e.